The molecular weight excluding hydrogens is 306 g/mol. The fraction of sp³-hybridized carbons (Fsp3) is 0.222. The highest BCUT2D eigenvalue weighted by Crippen LogP contribution is 2.21. The van der Waals surface area contributed by atoms with Crippen molar-refractivity contribution in [1.82, 2.24) is 0 Å². The van der Waals surface area contributed by atoms with E-state index in [0.717, 1.165) is 5.75 Å². The number of amides is 2. The van der Waals surface area contributed by atoms with Crippen LogP contribution in [0.1, 0.15) is 12.8 Å². The summed E-state index contributed by atoms with van der Waals surface area (Å²) in [6, 6.07) is 16.4. The molecule has 4 N–H and O–H groups in total. The number of hydrogen-bond acceptors (Lipinski definition) is 4. The Morgan fingerprint density at radius 3 is 2.08 bits per heavy atom. The molecule has 6 nitrogen and oxygen atoms in total. The Bertz CT molecular complexity index is 674. The van der Waals surface area contributed by atoms with Gasteiger partial charge < -0.3 is 21.1 Å². The van der Waals surface area contributed by atoms with E-state index in [9.17, 15) is 9.59 Å². The molecule has 0 unspecified atom stereocenters. The highest BCUT2D eigenvalue weighted by Gasteiger charge is 2.08. The first-order valence-corrected chi connectivity index (χ1v) is 7.75. The highest BCUT2D eigenvalue weighted by atomic mass is 16.5. The van der Waals surface area contributed by atoms with Gasteiger partial charge in [0.1, 0.15) is 5.75 Å². The van der Waals surface area contributed by atoms with E-state index in [2.05, 4.69) is 10.6 Å². The van der Waals surface area contributed by atoms with Crippen molar-refractivity contribution in [2.75, 3.05) is 23.8 Å². The molecule has 0 saturated carbocycles. The monoisotopic (exact) mass is 327 g/mol. The Morgan fingerprint density at radius 2 is 1.46 bits per heavy atom. The summed E-state index contributed by atoms with van der Waals surface area (Å²) in [5.74, 6) is 0.335. The Kier molecular flexibility index (Phi) is 6.79. The van der Waals surface area contributed by atoms with E-state index in [4.69, 9.17) is 10.5 Å². The van der Waals surface area contributed by atoms with Gasteiger partial charge in [0.05, 0.1) is 24.5 Å². The quantitative estimate of drug-likeness (QED) is 0.649. The first-order chi connectivity index (χ1) is 11.7. The summed E-state index contributed by atoms with van der Waals surface area (Å²) >= 11 is 0. The fourth-order valence-corrected chi connectivity index (χ4v) is 2.05. The number of carbonyl (C=O) groups is 2. The number of nitrogens with two attached hydrogens (primary N) is 1. The molecule has 24 heavy (non-hydrogen) atoms. The third-order valence-electron chi connectivity index (χ3n) is 3.22. The maximum absolute atomic E-state index is 12.0. The Hall–Kier alpha value is -2.86. The number of nitrogens with one attached hydrogen (secondary N) is 2. The number of hydrogen-bond donors (Lipinski definition) is 3. The number of carbonyl (C=O) groups excluding carboxylic acids is 2. The lowest BCUT2D eigenvalue weighted by molar-refractivity contribution is -0.116. The smallest absolute Gasteiger partial charge is 0.238 e. The molecule has 2 rings (SSSR count). The first kappa shape index (κ1) is 17.5. The van der Waals surface area contributed by atoms with E-state index in [1.165, 1.54) is 0 Å². The maximum Gasteiger partial charge on any atom is 0.238 e. The van der Waals surface area contributed by atoms with Crippen LogP contribution in [0.5, 0.6) is 5.75 Å². The molecule has 0 aliphatic rings. The van der Waals surface area contributed by atoms with Gasteiger partial charge in [0, 0.05) is 6.42 Å². The van der Waals surface area contributed by atoms with Crippen LogP contribution in [0.25, 0.3) is 0 Å². The van der Waals surface area contributed by atoms with Gasteiger partial charge in [0.15, 0.2) is 0 Å². The number of para-hydroxylation sites is 3. The van der Waals surface area contributed by atoms with Crippen molar-refractivity contribution in [3.05, 3.63) is 54.6 Å². The van der Waals surface area contributed by atoms with Crippen molar-refractivity contribution >= 4 is 23.2 Å². The predicted octanol–water partition coefficient (Wildman–Crippen LogP) is 2.38. The summed E-state index contributed by atoms with van der Waals surface area (Å²) in [4.78, 5) is 23.4. The lowest BCUT2D eigenvalue weighted by Gasteiger charge is -2.12. The van der Waals surface area contributed by atoms with Crippen molar-refractivity contribution in [2.45, 2.75) is 12.8 Å². The van der Waals surface area contributed by atoms with Crippen LogP contribution in [0, 0.1) is 0 Å². The summed E-state index contributed by atoms with van der Waals surface area (Å²) in [7, 11) is 0. The molecule has 0 spiro atoms. The standard InChI is InChI=1S/C18H21N3O3/c19-13-18(23)21-16-10-5-4-9-15(16)20-17(22)11-6-12-24-14-7-2-1-3-8-14/h1-5,7-10H,6,11-13,19H2,(H,20,22)(H,21,23). The zero-order chi connectivity index (χ0) is 17.2. The van der Waals surface area contributed by atoms with E-state index in [1.54, 1.807) is 24.3 Å². The highest BCUT2D eigenvalue weighted by molar-refractivity contribution is 5.99. The van der Waals surface area contributed by atoms with Gasteiger partial charge in [-0.05, 0) is 30.7 Å². The van der Waals surface area contributed by atoms with Gasteiger partial charge in [-0.15, -0.1) is 0 Å². The molecule has 0 radical (unpaired) electrons. The van der Waals surface area contributed by atoms with Crippen LogP contribution >= 0.6 is 0 Å². The van der Waals surface area contributed by atoms with Crippen LogP contribution in [0.2, 0.25) is 0 Å². The molecule has 0 aliphatic heterocycles. The van der Waals surface area contributed by atoms with Gasteiger partial charge in [-0.25, -0.2) is 0 Å². The Labute approximate surface area is 141 Å². The van der Waals surface area contributed by atoms with E-state index in [1.807, 2.05) is 30.3 Å². The van der Waals surface area contributed by atoms with Crippen LogP contribution in [0.4, 0.5) is 11.4 Å². The largest absolute Gasteiger partial charge is 0.494 e. The van der Waals surface area contributed by atoms with Crippen LogP contribution in [0.15, 0.2) is 54.6 Å². The van der Waals surface area contributed by atoms with E-state index in [0.29, 0.717) is 30.8 Å². The van der Waals surface area contributed by atoms with E-state index < -0.39 is 0 Å². The average Bonchev–Trinajstić information content (AvgIpc) is 2.61. The molecular formula is C18H21N3O3. The molecule has 0 heterocycles. The molecule has 126 valence electrons. The summed E-state index contributed by atoms with van der Waals surface area (Å²) in [5.41, 5.74) is 6.37. The third kappa shape index (κ3) is 5.73. The summed E-state index contributed by atoms with van der Waals surface area (Å²) in [6.45, 7) is 0.349. The molecule has 2 aromatic carbocycles. The summed E-state index contributed by atoms with van der Waals surface area (Å²) in [5, 5.41) is 5.44. The van der Waals surface area contributed by atoms with Crippen LogP contribution in [0.3, 0.4) is 0 Å². The van der Waals surface area contributed by atoms with Crippen LogP contribution in [-0.4, -0.2) is 25.0 Å². The molecule has 0 saturated heterocycles. The number of benzene rings is 2. The predicted molar refractivity (Wildman–Crippen MR) is 93.9 cm³/mol. The second kappa shape index (κ2) is 9.32. The molecule has 6 heteroatoms. The molecule has 0 fully saturated rings. The third-order valence-corrected chi connectivity index (χ3v) is 3.22. The maximum atomic E-state index is 12.0. The molecule has 2 aromatic rings. The zero-order valence-corrected chi connectivity index (χ0v) is 13.3. The average molecular weight is 327 g/mol. The van der Waals surface area contributed by atoms with Crippen LogP contribution in [-0.2, 0) is 9.59 Å². The molecule has 0 bridgehead atoms. The van der Waals surface area contributed by atoms with Crippen LogP contribution < -0.4 is 21.1 Å². The second-order valence-electron chi connectivity index (χ2n) is 5.11. The van der Waals surface area contributed by atoms with Crippen molar-refractivity contribution in [3.8, 4) is 5.75 Å². The Balaban J connectivity index is 1.79. The fourth-order valence-electron chi connectivity index (χ4n) is 2.05. The lowest BCUT2D eigenvalue weighted by Crippen LogP contribution is -2.23. The van der Waals surface area contributed by atoms with E-state index in [-0.39, 0.29) is 18.4 Å². The Morgan fingerprint density at radius 1 is 0.875 bits per heavy atom. The van der Waals surface area contributed by atoms with Gasteiger partial charge in [-0.2, -0.15) is 0 Å². The van der Waals surface area contributed by atoms with Gasteiger partial charge >= 0.3 is 0 Å². The second-order valence-corrected chi connectivity index (χ2v) is 5.11. The number of anilines is 2. The molecule has 2 amide bonds. The molecule has 0 aliphatic carbocycles. The lowest BCUT2D eigenvalue weighted by atomic mass is 10.2. The normalized spacial score (nSPS) is 10.0. The SMILES string of the molecule is NCC(=O)Nc1ccccc1NC(=O)CCCOc1ccccc1. The minimum Gasteiger partial charge on any atom is -0.494 e. The van der Waals surface area contributed by atoms with Gasteiger partial charge in [-0.3, -0.25) is 9.59 Å². The topological polar surface area (TPSA) is 93.5 Å². The van der Waals surface area contributed by atoms with E-state index >= 15 is 0 Å². The van der Waals surface area contributed by atoms with Crippen molar-refractivity contribution in [3.63, 3.8) is 0 Å². The van der Waals surface area contributed by atoms with Crippen molar-refractivity contribution < 1.29 is 14.3 Å². The first-order valence-electron chi connectivity index (χ1n) is 7.75. The minimum atomic E-state index is -0.312. The van der Waals surface area contributed by atoms with Crippen molar-refractivity contribution in [1.29, 1.82) is 0 Å². The van der Waals surface area contributed by atoms with Gasteiger partial charge in [0.25, 0.3) is 0 Å². The number of rotatable bonds is 8. The summed E-state index contributed by atoms with van der Waals surface area (Å²) < 4.78 is 5.55. The van der Waals surface area contributed by atoms with Crippen molar-refractivity contribution in [2.24, 2.45) is 5.73 Å². The molecule has 0 aromatic heterocycles. The zero-order valence-electron chi connectivity index (χ0n) is 13.3. The molecule has 0 atom stereocenters. The van der Waals surface area contributed by atoms with Gasteiger partial charge in [-0.1, -0.05) is 30.3 Å². The van der Waals surface area contributed by atoms with Gasteiger partial charge in [0.2, 0.25) is 11.8 Å². The number of ether oxygens (including phenoxy) is 1. The summed E-state index contributed by atoms with van der Waals surface area (Å²) in [6.07, 6.45) is 0.921. The minimum absolute atomic E-state index is 0.112.